The van der Waals surface area contributed by atoms with Crippen LogP contribution in [0.1, 0.15) is 62.7 Å². The molecule has 1 aromatic carbocycles. The van der Waals surface area contributed by atoms with Crippen LogP contribution in [0, 0.1) is 5.92 Å². The zero-order chi connectivity index (χ0) is 17.4. The fourth-order valence-corrected chi connectivity index (χ4v) is 5.24. The van der Waals surface area contributed by atoms with Gasteiger partial charge in [0.2, 0.25) is 5.91 Å². The molecule has 136 valence electrons. The number of piperidine rings is 1. The second-order valence-corrected chi connectivity index (χ2v) is 8.07. The number of rotatable bonds is 3. The molecule has 4 nitrogen and oxygen atoms in total. The van der Waals surface area contributed by atoms with Crippen LogP contribution in [0.25, 0.3) is 0 Å². The van der Waals surface area contributed by atoms with Gasteiger partial charge in [-0.1, -0.05) is 25.0 Å². The van der Waals surface area contributed by atoms with Gasteiger partial charge in [0.1, 0.15) is 0 Å². The van der Waals surface area contributed by atoms with Gasteiger partial charge in [-0.3, -0.25) is 9.69 Å². The first kappa shape index (κ1) is 17.0. The van der Waals surface area contributed by atoms with Gasteiger partial charge in [0, 0.05) is 31.7 Å². The molecule has 1 amide bonds. The van der Waals surface area contributed by atoms with Crippen molar-refractivity contribution < 1.29 is 9.90 Å². The number of anilines is 1. The highest BCUT2D eigenvalue weighted by Crippen LogP contribution is 2.36. The number of benzene rings is 1. The molecule has 4 heteroatoms. The van der Waals surface area contributed by atoms with Crippen LogP contribution in [0.2, 0.25) is 0 Å². The summed E-state index contributed by atoms with van der Waals surface area (Å²) in [4.78, 5) is 16.1. The summed E-state index contributed by atoms with van der Waals surface area (Å²) in [7, 11) is 0. The number of amides is 1. The molecule has 0 unspecified atom stereocenters. The van der Waals surface area contributed by atoms with Crippen LogP contribution in [0.5, 0.6) is 0 Å². The molecule has 25 heavy (non-hydrogen) atoms. The number of likely N-dealkylation sites (tertiary alicyclic amines) is 1. The lowest BCUT2D eigenvalue weighted by Gasteiger charge is -2.44. The number of carbonyl (C=O) groups excluding carboxylic acids is 1. The Morgan fingerprint density at radius 2 is 2.00 bits per heavy atom. The summed E-state index contributed by atoms with van der Waals surface area (Å²) in [5.41, 5.74) is 3.22. The van der Waals surface area contributed by atoms with Gasteiger partial charge in [-0.2, -0.15) is 0 Å². The SMILES string of the molecule is CC(=O)N1CCc2cc([C@H](O)CN3CCC[C@H]4CCCC[C@H]43)ccc21. The molecule has 1 saturated heterocycles. The molecule has 2 aliphatic heterocycles. The van der Waals surface area contributed by atoms with Crippen LogP contribution in [0.15, 0.2) is 18.2 Å². The van der Waals surface area contributed by atoms with Crippen LogP contribution in [0.3, 0.4) is 0 Å². The summed E-state index contributed by atoms with van der Waals surface area (Å²) < 4.78 is 0. The standard InChI is InChI=1S/C21H30N2O2/c1-15(24)23-12-10-17-13-18(8-9-20(17)23)21(25)14-22-11-4-6-16-5-2-3-7-19(16)22/h8-9,13,16,19,21,25H,2-7,10-12,14H2,1H3/t16-,19-,21-/m1/s1. The van der Waals surface area contributed by atoms with E-state index < -0.39 is 6.10 Å². The van der Waals surface area contributed by atoms with E-state index in [2.05, 4.69) is 11.0 Å². The number of hydrogen-bond donors (Lipinski definition) is 1. The highest BCUT2D eigenvalue weighted by Gasteiger charge is 2.34. The molecule has 0 radical (unpaired) electrons. The summed E-state index contributed by atoms with van der Waals surface area (Å²) in [6.07, 6.45) is 8.50. The zero-order valence-corrected chi connectivity index (χ0v) is 15.3. The molecule has 0 aromatic heterocycles. The normalized spacial score (nSPS) is 27.7. The van der Waals surface area contributed by atoms with E-state index in [1.54, 1.807) is 6.92 Å². The van der Waals surface area contributed by atoms with Gasteiger partial charge in [0.25, 0.3) is 0 Å². The fourth-order valence-electron chi connectivity index (χ4n) is 5.24. The first-order valence-corrected chi connectivity index (χ1v) is 9.96. The van der Waals surface area contributed by atoms with Gasteiger partial charge < -0.3 is 10.0 Å². The molecule has 0 spiro atoms. The van der Waals surface area contributed by atoms with Crippen LogP contribution in [-0.4, -0.2) is 41.6 Å². The van der Waals surface area contributed by atoms with E-state index in [4.69, 9.17) is 0 Å². The maximum atomic E-state index is 11.7. The molecule has 1 saturated carbocycles. The minimum absolute atomic E-state index is 0.101. The summed E-state index contributed by atoms with van der Waals surface area (Å²) in [6.45, 7) is 4.26. The Morgan fingerprint density at radius 3 is 2.84 bits per heavy atom. The number of hydrogen-bond acceptors (Lipinski definition) is 3. The number of carbonyl (C=O) groups is 1. The van der Waals surface area contributed by atoms with Gasteiger partial charge >= 0.3 is 0 Å². The van der Waals surface area contributed by atoms with E-state index >= 15 is 0 Å². The third-order valence-corrected chi connectivity index (χ3v) is 6.53. The van der Waals surface area contributed by atoms with Gasteiger partial charge in [0.05, 0.1) is 6.10 Å². The van der Waals surface area contributed by atoms with Crippen molar-refractivity contribution in [2.45, 2.75) is 64.0 Å². The van der Waals surface area contributed by atoms with Crippen molar-refractivity contribution in [3.05, 3.63) is 29.3 Å². The Morgan fingerprint density at radius 1 is 1.20 bits per heavy atom. The topological polar surface area (TPSA) is 43.8 Å². The van der Waals surface area contributed by atoms with Crippen molar-refractivity contribution in [2.24, 2.45) is 5.92 Å². The van der Waals surface area contributed by atoms with E-state index in [9.17, 15) is 9.90 Å². The molecule has 0 bridgehead atoms. The number of nitrogens with zero attached hydrogens (tertiary/aromatic N) is 2. The maximum absolute atomic E-state index is 11.7. The predicted octanol–water partition coefficient (Wildman–Crippen LogP) is 3.28. The van der Waals surface area contributed by atoms with Crippen molar-refractivity contribution in [3.8, 4) is 0 Å². The summed E-state index contributed by atoms with van der Waals surface area (Å²) in [5, 5.41) is 10.8. The highest BCUT2D eigenvalue weighted by molar-refractivity contribution is 5.93. The van der Waals surface area contributed by atoms with Crippen LogP contribution in [0.4, 0.5) is 5.69 Å². The summed E-state index contributed by atoms with van der Waals surface area (Å²) in [5.74, 6) is 0.947. The van der Waals surface area contributed by atoms with Crippen LogP contribution < -0.4 is 4.90 Å². The second kappa shape index (κ2) is 7.08. The third-order valence-electron chi connectivity index (χ3n) is 6.53. The Hall–Kier alpha value is -1.39. The molecule has 3 aliphatic rings. The Kier molecular flexibility index (Phi) is 4.83. The van der Waals surface area contributed by atoms with Gasteiger partial charge in [-0.25, -0.2) is 0 Å². The third kappa shape index (κ3) is 3.34. The van der Waals surface area contributed by atoms with Crippen molar-refractivity contribution in [3.63, 3.8) is 0 Å². The van der Waals surface area contributed by atoms with Crippen LogP contribution in [-0.2, 0) is 11.2 Å². The average molecular weight is 342 g/mol. The minimum Gasteiger partial charge on any atom is -0.387 e. The highest BCUT2D eigenvalue weighted by atomic mass is 16.3. The predicted molar refractivity (Wildman–Crippen MR) is 99.7 cm³/mol. The van der Waals surface area contributed by atoms with E-state index in [1.807, 2.05) is 17.0 Å². The molecule has 1 aliphatic carbocycles. The lowest BCUT2D eigenvalue weighted by molar-refractivity contribution is -0.116. The molecule has 1 N–H and O–H groups in total. The molecule has 1 aromatic rings. The van der Waals surface area contributed by atoms with Gasteiger partial charge in [0.15, 0.2) is 0 Å². The fraction of sp³-hybridized carbons (Fsp3) is 0.667. The van der Waals surface area contributed by atoms with Gasteiger partial charge in [-0.15, -0.1) is 0 Å². The van der Waals surface area contributed by atoms with Crippen molar-refractivity contribution in [2.75, 3.05) is 24.5 Å². The smallest absolute Gasteiger partial charge is 0.223 e. The lowest BCUT2D eigenvalue weighted by atomic mass is 9.78. The molecule has 2 fully saturated rings. The largest absolute Gasteiger partial charge is 0.387 e. The lowest BCUT2D eigenvalue weighted by Crippen LogP contribution is -2.48. The van der Waals surface area contributed by atoms with Crippen molar-refractivity contribution >= 4 is 11.6 Å². The quantitative estimate of drug-likeness (QED) is 0.917. The molecule has 4 rings (SSSR count). The molecule has 3 atom stereocenters. The number of β-amino-alcohol motifs (C(OH)–C–C–N with tert-alkyl or cyclic N) is 1. The van der Waals surface area contributed by atoms with E-state index in [-0.39, 0.29) is 5.91 Å². The number of fused-ring (bicyclic) bond motifs is 2. The Labute approximate surface area is 150 Å². The maximum Gasteiger partial charge on any atom is 0.223 e. The average Bonchev–Trinajstić information content (AvgIpc) is 3.05. The van der Waals surface area contributed by atoms with Crippen molar-refractivity contribution in [1.82, 2.24) is 4.90 Å². The van der Waals surface area contributed by atoms with Crippen molar-refractivity contribution in [1.29, 1.82) is 0 Å². The number of aliphatic hydroxyl groups excluding tert-OH is 1. The summed E-state index contributed by atoms with van der Waals surface area (Å²) >= 11 is 0. The zero-order valence-electron chi connectivity index (χ0n) is 15.3. The summed E-state index contributed by atoms with van der Waals surface area (Å²) in [6, 6.07) is 6.82. The molecule has 2 heterocycles. The van der Waals surface area contributed by atoms with E-state index in [1.165, 1.54) is 44.1 Å². The first-order chi connectivity index (χ1) is 12.1. The second-order valence-electron chi connectivity index (χ2n) is 8.07. The monoisotopic (exact) mass is 342 g/mol. The van der Waals surface area contributed by atoms with Crippen LogP contribution >= 0.6 is 0 Å². The van der Waals surface area contributed by atoms with E-state index in [0.717, 1.165) is 43.2 Å². The first-order valence-electron chi connectivity index (χ1n) is 9.96. The minimum atomic E-state index is -0.433. The number of aliphatic hydroxyl groups is 1. The Bertz CT molecular complexity index is 643. The van der Waals surface area contributed by atoms with E-state index in [0.29, 0.717) is 6.04 Å². The van der Waals surface area contributed by atoms with Gasteiger partial charge in [-0.05, 0) is 61.8 Å². The Balaban J connectivity index is 1.46. The molecular formula is C21H30N2O2. The molecular weight excluding hydrogens is 312 g/mol.